The van der Waals surface area contributed by atoms with Gasteiger partial charge in [-0.25, -0.2) is 0 Å². The zero-order valence-electron chi connectivity index (χ0n) is 14.3. The van der Waals surface area contributed by atoms with Crippen LogP contribution in [0.4, 0.5) is 5.69 Å². The van der Waals surface area contributed by atoms with Gasteiger partial charge in [0.15, 0.2) is 0 Å². The van der Waals surface area contributed by atoms with E-state index >= 15 is 0 Å². The number of amides is 2. The van der Waals surface area contributed by atoms with Gasteiger partial charge in [-0.1, -0.05) is 17.7 Å². The second kappa shape index (κ2) is 7.63. The first-order valence-corrected chi connectivity index (χ1v) is 9.52. The molecule has 3 rings (SSSR count). The summed E-state index contributed by atoms with van der Waals surface area (Å²) in [5, 5.41) is 3.60. The third-order valence-electron chi connectivity index (χ3n) is 4.02. The SMILES string of the molecule is Cc1ccc(NC(=O)CN(C)C(=O)c2c[nH]c3cc(Br)c(Br)cc23)cc1. The van der Waals surface area contributed by atoms with Crippen molar-refractivity contribution in [2.45, 2.75) is 6.92 Å². The monoisotopic (exact) mass is 477 g/mol. The minimum atomic E-state index is -0.242. The molecule has 0 fully saturated rings. The molecule has 5 nitrogen and oxygen atoms in total. The fourth-order valence-corrected chi connectivity index (χ4v) is 3.31. The Balaban J connectivity index is 1.72. The fraction of sp³-hybridized carbons (Fsp3) is 0.158. The number of aryl methyl sites for hydroxylation is 1. The number of aromatic nitrogens is 1. The maximum atomic E-state index is 12.7. The number of carbonyl (C=O) groups excluding carboxylic acids is 2. The van der Waals surface area contributed by atoms with Crippen LogP contribution in [-0.4, -0.2) is 35.3 Å². The number of fused-ring (bicyclic) bond motifs is 1. The van der Waals surface area contributed by atoms with Crippen LogP contribution in [0.1, 0.15) is 15.9 Å². The van der Waals surface area contributed by atoms with E-state index in [0.717, 1.165) is 25.4 Å². The normalized spacial score (nSPS) is 10.8. The van der Waals surface area contributed by atoms with E-state index in [2.05, 4.69) is 42.2 Å². The first kappa shape index (κ1) is 18.7. The van der Waals surface area contributed by atoms with Gasteiger partial charge in [-0.2, -0.15) is 0 Å². The number of aromatic amines is 1. The van der Waals surface area contributed by atoms with Crippen LogP contribution in [0.2, 0.25) is 0 Å². The zero-order chi connectivity index (χ0) is 18.8. The largest absolute Gasteiger partial charge is 0.360 e. The Bertz CT molecular complexity index is 980. The predicted molar refractivity (Wildman–Crippen MR) is 110 cm³/mol. The molecule has 2 N–H and O–H groups in total. The Kier molecular flexibility index (Phi) is 5.48. The lowest BCUT2D eigenvalue weighted by molar-refractivity contribution is -0.116. The van der Waals surface area contributed by atoms with Crippen LogP contribution in [0.5, 0.6) is 0 Å². The van der Waals surface area contributed by atoms with E-state index < -0.39 is 0 Å². The molecule has 1 heterocycles. The van der Waals surface area contributed by atoms with E-state index in [1.54, 1.807) is 13.2 Å². The molecule has 0 saturated carbocycles. The Morgan fingerprint density at radius 1 is 1.12 bits per heavy atom. The van der Waals surface area contributed by atoms with Crippen LogP contribution < -0.4 is 5.32 Å². The third-order valence-corrected chi connectivity index (χ3v) is 5.86. The van der Waals surface area contributed by atoms with Crippen molar-refractivity contribution < 1.29 is 9.59 Å². The maximum absolute atomic E-state index is 12.7. The van der Waals surface area contributed by atoms with Gasteiger partial charge >= 0.3 is 0 Å². The van der Waals surface area contributed by atoms with Gasteiger partial charge in [0.05, 0.1) is 12.1 Å². The van der Waals surface area contributed by atoms with Gasteiger partial charge in [0.2, 0.25) is 5.91 Å². The molecule has 0 spiro atoms. The van der Waals surface area contributed by atoms with E-state index in [9.17, 15) is 9.59 Å². The number of nitrogens with one attached hydrogen (secondary N) is 2. The number of carbonyl (C=O) groups is 2. The van der Waals surface area contributed by atoms with Gasteiger partial charge in [-0.15, -0.1) is 0 Å². The van der Waals surface area contributed by atoms with E-state index in [1.807, 2.05) is 43.3 Å². The number of likely N-dealkylation sites (N-methyl/N-ethyl adjacent to an activating group) is 1. The number of nitrogens with zero attached hydrogens (tertiary/aromatic N) is 1. The van der Waals surface area contributed by atoms with E-state index in [-0.39, 0.29) is 18.4 Å². The van der Waals surface area contributed by atoms with Crippen LogP contribution in [0.25, 0.3) is 10.9 Å². The summed E-state index contributed by atoms with van der Waals surface area (Å²) in [6.07, 6.45) is 1.67. The fourth-order valence-electron chi connectivity index (χ4n) is 2.62. The van der Waals surface area contributed by atoms with E-state index in [0.29, 0.717) is 11.3 Å². The highest BCUT2D eigenvalue weighted by molar-refractivity contribution is 9.13. The lowest BCUT2D eigenvalue weighted by Crippen LogP contribution is -2.34. The number of hydrogen-bond donors (Lipinski definition) is 2. The molecule has 0 unspecified atom stereocenters. The molecule has 0 aliphatic heterocycles. The summed E-state index contributed by atoms with van der Waals surface area (Å²) >= 11 is 6.90. The second-order valence-corrected chi connectivity index (χ2v) is 7.80. The molecule has 3 aromatic rings. The van der Waals surface area contributed by atoms with Crippen molar-refractivity contribution in [2.75, 3.05) is 18.9 Å². The molecule has 2 aromatic carbocycles. The smallest absolute Gasteiger partial charge is 0.256 e. The average molecular weight is 479 g/mol. The molecule has 7 heteroatoms. The minimum Gasteiger partial charge on any atom is -0.360 e. The number of anilines is 1. The molecular weight excluding hydrogens is 462 g/mol. The Labute approximate surface area is 168 Å². The Hall–Kier alpha value is -2.12. The van der Waals surface area contributed by atoms with Crippen LogP contribution in [0.3, 0.4) is 0 Å². The van der Waals surface area contributed by atoms with Gasteiger partial charge in [-0.05, 0) is 63.0 Å². The number of rotatable bonds is 4. The molecule has 1 aromatic heterocycles. The van der Waals surface area contributed by atoms with Crippen molar-refractivity contribution in [1.29, 1.82) is 0 Å². The number of H-pyrrole nitrogens is 1. The molecule has 134 valence electrons. The number of benzene rings is 2. The summed E-state index contributed by atoms with van der Waals surface area (Å²) < 4.78 is 1.76. The van der Waals surface area contributed by atoms with Crippen LogP contribution >= 0.6 is 31.9 Å². The van der Waals surface area contributed by atoms with E-state index in [4.69, 9.17) is 0 Å². The van der Waals surface area contributed by atoms with Gasteiger partial charge in [0, 0.05) is 38.8 Å². The van der Waals surface area contributed by atoms with Gasteiger partial charge in [-0.3, -0.25) is 9.59 Å². The second-order valence-electron chi connectivity index (χ2n) is 6.09. The zero-order valence-corrected chi connectivity index (χ0v) is 17.4. The Morgan fingerprint density at radius 3 is 2.46 bits per heavy atom. The lowest BCUT2D eigenvalue weighted by Gasteiger charge is -2.16. The third kappa shape index (κ3) is 3.99. The first-order chi connectivity index (χ1) is 12.3. The molecule has 0 atom stereocenters. The molecule has 26 heavy (non-hydrogen) atoms. The van der Waals surface area contributed by atoms with Crippen molar-refractivity contribution in [3.05, 3.63) is 62.7 Å². The standard InChI is InChI=1S/C19H17Br2N3O2/c1-11-3-5-12(6-4-11)23-18(25)10-24(2)19(26)14-9-22-17-8-16(21)15(20)7-13(14)17/h3-9,22H,10H2,1-2H3,(H,23,25). The summed E-state index contributed by atoms with van der Waals surface area (Å²) in [5.41, 5.74) is 3.20. The van der Waals surface area contributed by atoms with Crippen molar-refractivity contribution >= 4 is 60.3 Å². The lowest BCUT2D eigenvalue weighted by atomic mass is 10.1. The topological polar surface area (TPSA) is 65.2 Å². The summed E-state index contributed by atoms with van der Waals surface area (Å²) in [6, 6.07) is 11.3. The Morgan fingerprint density at radius 2 is 1.77 bits per heavy atom. The number of halogens is 2. The minimum absolute atomic E-state index is 0.0307. The first-order valence-electron chi connectivity index (χ1n) is 7.93. The van der Waals surface area contributed by atoms with Crippen molar-refractivity contribution in [3.63, 3.8) is 0 Å². The summed E-state index contributed by atoms with van der Waals surface area (Å²) in [4.78, 5) is 29.5. The van der Waals surface area contributed by atoms with Crippen molar-refractivity contribution in [2.24, 2.45) is 0 Å². The molecule has 0 saturated heterocycles. The van der Waals surface area contributed by atoms with Gasteiger partial charge in [0.1, 0.15) is 0 Å². The average Bonchev–Trinajstić information content (AvgIpc) is 2.99. The van der Waals surface area contributed by atoms with Crippen molar-refractivity contribution in [3.8, 4) is 0 Å². The van der Waals surface area contributed by atoms with Crippen LogP contribution in [0.15, 0.2) is 51.5 Å². The van der Waals surface area contributed by atoms with Crippen molar-refractivity contribution in [1.82, 2.24) is 9.88 Å². The van der Waals surface area contributed by atoms with Crippen LogP contribution in [-0.2, 0) is 4.79 Å². The molecular formula is C19H17Br2N3O2. The van der Waals surface area contributed by atoms with Gasteiger partial charge < -0.3 is 15.2 Å². The molecule has 0 aliphatic carbocycles. The molecule has 0 radical (unpaired) electrons. The highest BCUT2D eigenvalue weighted by Gasteiger charge is 2.19. The number of hydrogen-bond acceptors (Lipinski definition) is 2. The van der Waals surface area contributed by atoms with Crippen LogP contribution in [0, 0.1) is 6.92 Å². The quantitative estimate of drug-likeness (QED) is 0.570. The highest BCUT2D eigenvalue weighted by Crippen LogP contribution is 2.30. The maximum Gasteiger partial charge on any atom is 0.256 e. The highest BCUT2D eigenvalue weighted by atomic mass is 79.9. The summed E-state index contributed by atoms with van der Waals surface area (Å²) in [7, 11) is 1.61. The molecule has 0 bridgehead atoms. The van der Waals surface area contributed by atoms with E-state index in [1.165, 1.54) is 4.90 Å². The predicted octanol–water partition coefficient (Wildman–Crippen LogP) is 4.71. The summed E-state index contributed by atoms with van der Waals surface area (Å²) in [6.45, 7) is 1.95. The molecule has 2 amide bonds. The summed E-state index contributed by atoms with van der Waals surface area (Å²) in [5.74, 6) is -0.460. The van der Waals surface area contributed by atoms with Gasteiger partial charge in [0.25, 0.3) is 5.91 Å². The molecule has 0 aliphatic rings.